The second kappa shape index (κ2) is 3.72. The summed E-state index contributed by atoms with van der Waals surface area (Å²) in [5, 5.41) is 0. The molecule has 0 bridgehead atoms. The number of aromatic amines is 1. The lowest BCUT2D eigenvalue weighted by Gasteiger charge is -1.93. The van der Waals surface area contributed by atoms with E-state index in [2.05, 4.69) is 30.9 Å². The number of nitrogens with one attached hydrogen (secondary N) is 1. The quantitative estimate of drug-likeness (QED) is 0.739. The van der Waals surface area contributed by atoms with Crippen LogP contribution in [-0.4, -0.2) is 15.0 Å². The fraction of sp³-hybridized carbons (Fsp3) is 0. The van der Waals surface area contributed by atoms with Crippen LogP contribution < -0.4 is 0 Å². The van der Waals surface area contributed by atoms with E-state index >= 15 is 0 Å². The SMILES string of the molecule is Brc1cnc2nc(-c3ccccc3)[nH]c2c1. The van der Waals surface area contributed by atoms with Gasteiger partial charge in [0.15, 0.2) is 5.65 Å². The number of aromatic nitrogens is 3. The van der Waals surface area contributed by atoms with Crippen molar-refractivity contribution in [1.82, 2.24) is 15.0 Å². The lowest BCUT2D eigenvalue weighted by atomic mass is 10.2. The van der Waals surface area contributed by atoms with Gasteiger partial charge in [-0.1, -0.05) is 30.3 Å². The second-order valence-electron chi connectivity index (χ2n) is 3.48. The smallest absolute Gasteiger partial charge is 0.178 e. The maximum atomic E-state index is 4.44. The molecule has 3 nitrogen and oxygen atoms in total. The Hall–Kier alpha value is -1.68. The zero-order valence-corrected chi connectivity index (χ0v) is 9.90. The van der Waals surface area contributed by atoms with Crippen molar-refractivity contribution >= 4 is 27.1 Å². The Morgan fingerprint density at radius 1 is 1.12 bits per heavy atom. The molecule has 0 saturated heterocycles. The van der Waals surface area contributed by atoms with E-state index in [9.17, 15) is 0 Å². The maximum absolute atomic E-state index is 4.44. The van der Waals surface area contributed by atoms with Crippen LogP contribution in [0.3, 0.4) is 0 Å². The molecular weight excluding hydrogens is 266 g/mol. The van der Waals surface area contributed by atoms with Gasteiger partial charge in [-0.05, 0) is 22.0 Å². The largest absolute Gasteiger partial charge is 0.337 e. The molecule has 2 heterocycles. The third-order valence-corrected chi connectivity index (χ3v) is 2.78. The van der Waals surface area contributed by atoms with Crippen LogP contribution in [0, 0.1) is 0 Å². The molecule has 1 N–H and O–H groups in total. The molecular formula is C12H8BrN3. The van der Waals surface area contributed by atoms with E-state index in [1.165, 1.54) is 0 Å². The van der Waals surface area contributed by atoms with E-state index < -0.39 is 0 Å². The molecule has 0 amide bonds. The van der Waals surface area contributed by atoms with Crippen molar-refractivity contribution in [2.45, 2.75) is 0 Å². The third-order valence-electron chi connectivity index (χ3n) is 2.35. The number of H-pyrrole nitrogens is 1. The number of benzene rings is 1. The predicted molar refractivity (Wildman–Crippen MR) is 67.0 cm³/mol. The molecule has 0 spiro atoms. The van der Waals surface area contributed by atoms with Gasteiger partial charge in [0.25, 0.3) is 0 Å². The Kier molecular flexibility index (Phi) is 2.22. The van der Waals surface area contributed by atoms with Gasteiger partial charge < -0.3 is 4.98 Å². The third kappa shape index (κ3) is 1.61. The Balaban J connectivity index is 2.19. The van der Waals surface area contributed by atoms with E-state index in [1.54, 1.807) is 6.20 Å². The fourth-order valence-corrected chi connectivity index (χ4v) is 1.94. The molecule has 3 rings (SSSR count). The molecule has 0 fully saturated rings. The highest BCUT2D eigenvalue weighted by Crippen LogP contribution is 2.20. The van der Waals surface area contributed by atoms with Crippen LogP contribution in [0.5, 0.6) is 0 Å². The predicted octanol–water partition coefficient (Wildman–Crippen LogP) is 3.39. The maximum Gasteiger partial charge on any atom is 0.178 e. The van der Waals surface area contributed by atoms with Crippen LogP contribution in [-0.2, 0) is 0 Å². The average Bonchev–Trinajstić information content (AvgIpc) is 2.73. The molecule has 0 atom stereocenters. The van der Waals surface area contributed by atoms with Crippen LogP contribution in [0.25, 0.3) is 22.6 Å². The first-order chi connectivity index (χ1) is 7.83. The van der Waals surface area contributed by atoms with Crippen molar-refractivity contribution in [3.8, 4) is 11.4 Å². The van der Waals surface area contributed by atoms with Crippen LogP contribution in [0.2, 0.25) is 0 Å². The van der Waals surface area contributed by atoms with Gasteiger partial charge in [0.2, 0.25) is 0 Å². The molecule has 0 aliphatic carbocycles. The summed E-state index contributed by atoms with van der Waals surface area (Å²) in [6, 6.07) is 12.0. The lowest BCUT2D eigenvalue weighted by molar-refractivity contribution is 1.30. The molecule has 0 unspecified atom stereocenters. The Morgan fingerprint density at radius 2 is 1.94 bits per heavy atom. The molecule has 3 aromatic rings. The molecule has 1 aromatic carbocycles. The first kappa shape index (κ1) is 9.54. The van der Waals surface area contributed by atoms with Gasteiger partial charge in [-0.25, -0.2) is 9.97 Å². The standard InChI is InChI=1S/C12H8BrN3/c13-9-6-10-12(14-7-9)16-11(15-10)8-4-2-1-3-5-8/h1-7H,(H,14,15,16). The van der Waals surface area contributed by atoms with Gasteiger partial charge >= 0.3 is 0 Å². The van der Waals surface area contributed by atoms with Crippen molar-refractivity contribution in [1.29, 1.82) is 0 Å². The number of nitrogens with zero attached hydrogens (tertiary/aromatic N) is 2. The highest BCUT2D eigenvalue weighted by Gasteiger charge is 2.05. The van der Waals surface area contributed by atoms with Gasteiger partial charge in [0.05, 0.1) is 5.52 Å². The number of fused-ring (bicyclic) bond motifs is 1. The summed E-state index contributed by atoms with van der Waals surface area (Å²) in [6.45, 7) is 0. The van der Waals surface area contributed by atoms with E-state index in [1.807, 2.05) is 36.4 Å². The lowest BCUT2D eigenvalue weighted by Crippen LogP contribution is -1.78. The number of imidazole rings is 1. The van der Waals surface area contributed by atoms with E-state index in [-0.39, 0.29) is 0 Å². The summed E-state index contributed by atoms with van der Waals surface area (Å²) in [5.41, 5.74) is 2.74. The van der Waals surface area contributed by atoms with Gasteiger partial charge in [0, 0.05) is 16.2 Å². The molecule has 0 radical (unpaired) electrons. The Labute approximate surface area is 101 Å². The van der Waals surface area contributed by atoms with Crippen molar-refractivity contribution in [3.63, 3.8) is 0 Å². The number of pyridine rings is 1. The molecule has 2 aromatic heterocycles. The zero-order valence-electron chi connectivity index (χ0n) is 8.31. The van der Waals surface area contributed by atoms with Crippen LogP contribution in [0.15, 0.2) is 47.1 Å². The van der Waals surface area contributed by atoms with Gasteiger partial charge in [-0.2, -0.15) is 0 Å². The molecule has 0 saturated carbocycles. The topological polar surface area (TPSA) is 41.6 Å². The monoisotopic (exact) mass is 273 g/mol. The number of rotatable bonds is 1. The molecule has 4 heteroatoms. The van der Waals surface area contributed by atoms with Gasteiger partial charge in [-0.15, -0.1) is 0 Å². The summed E-state index contributed by atoms with van der Waals surface area (Å²) in [4.78, 5) is 11.9. The second-order valence-corrected chi connectivity index (χ2v) is 4.39. The number of halogens is 1. The first-order valence-electron chi connectivity index (χ1n) is 4.89. The summed E-state index contributed by atoms with van der Waals surface area (Å²) < 4.78 is 0.947. The minimum atomic E-state index is 0.738. The van der Waals surface area contributed by atoms with E-state index in [0.29, 0.717) is 0 Å². The number of hydrogen-bond donors (Lipinski definition) is 1. The summed E-state index contributed by atoms with van der Waals surface area (Å²) in [5.74, 6) is 0.848. The Bertz CT molecular complexity index is 631. The van der Waals surface area contributed by atoms with Gasteiger partial charge in [-0.3, -0.25) is 0 Å². The minimum Gasteiger partial charge on any atom is -0.337 e. The summed E-state index contributed by atoms with van der Waals surface area (Å²) >= 11 is 3.39. The average molecular weight is 274 g/mol. The van der Waals surface area contributed by atoms with Crippen molar-refractivity contribution in [3.05, 3.63) is 47.1 Å². The van der Waals surface area contributed by atoms with Crippen molar-refractivity contribution in [2.75, 3.05) is 0 Å². The van der Waals surface area contributed by atoms with Crippen LogP contribution in [0.1, 0.15) is 0 Å². The zero-order chi connectivity index (χ0) is 11.0. The molecule has 0 aliphatic heterocycles. The molecule has 0 aliphatic rings. The molecule has 78 valence electrons. The summed E-state index contributed by atoms with van der Waals surface area (Å²) in [7, 11) is 0. The minimum absolute atomic E-state index is 0.738. The first-order valence-corrected chi connectivity index (χ1v) is 5.69. The van der Waals surface area contributed by atoms with Crippen molar-refractivity contribution in [2.24, 2.45) is 0 Å². The highest BCUT2D eigenvalue weighted by atomic mass is 79.9. The summed E-state index contributed by atoms with van der Waals surface area (Å²) in [6.07, 6.45) is 1.75. The van der Waals surface area contributed by atoms with E-state index in [0.717, 1.165) is 27.0 Å². The van der Waals surface area contributed by atoms with Gasteiger partial charge in [0.1, 0.15) is 5.82 Å². The highest BCUT2D eigenvalue weighted by molar-refractivity contribution is 9.10. The molecule has 16 heavy (non-hydrogen) atoms. The van der Waals surface area contributed by atoms with Crippen LogP contribution in [0.4, 0.5) is 0 Å². The van der Waals surface area contributed by atoms with Crippen LogP contribution >= 0.6 is 15.9 Å². The Morgan fingerprint density at radius 3 is 2.75 bits per heavy atom. The fourth-order valence-electron chi connectivity index (χ4n) is 1.61. The van der Waals surface area contributed by atoms with E-state index in [4.69, 9.17) is 0 Å². The normalized spacial score (nSPS) is 10.8. The van der Waals surface area contributed by atoms with Crippen molar-refractivity contribution < 1.29 is 0 Å². The number of hydrogen-bond acceptors (Lipinski definition) is 2.